The molecule has 0 unspecified atom stereocenters. The van der Waals surface area contributed by atoms with Crippen molar-refractivity contribution in [3.63, 3.8) is 0 Å². The fraction of sp³-hybridized carbons (Fsp3) is 0.529. The highest BCUT2D eigenvalue weighted by molar-refractivity contribution is 6.00. The molecule has 1 aliphatic rings. The summed E-state index contributed by atoms with van der Waals surface area (Å²) in [5, 5.41) is 2.88. The molecule has 0 radical (unpaired) electrons. The number of nitrogens with zero attached hydrogens (tertiary/aromatic N) is 1. The zero-order valence-corrected chi connectivity index (χ0v) is 13.5. The van der Waals surface area contributed by atoms with Gasteiger partial charge < -0.3 is 15.0 Å². The number of rotatable bonds is 6. The average Bonchev–Trinajstić information content (AvgIpc) is 2.49. The van der Waals surface area contributed by atoms with Crippen molar-refractivity contribution in [3.05, 3.63) is 23.8 Å². The quantitative estimate of drug-likeness (QED) is 0.821. The number of hydrogen-bond acceptors (Lipinski definition) is 3. The number of carbonyl (C=O) groups excluding carboxylic acids is 2. The van der Waals surface area contributed by atoms with E-state index >= 15 is 0 Å². The zero-order chi connectivity index (χ0) is 16.1. The Morgan fingerprint density at radius 3 is 2.91 bits per heavy atom. The second-order valence-electron chi connectivity index (χ2n) is 5.67. The number of ether oxygens (including phenoxy) is 1. The van der Waals surface area contributed by atoms with Crippen molar-refractivity contribution in [1.82, 2.24) is 5.32 Å². The zero-order valence-electron chi connectivity index (χ0n) is 13.5. The van der Waals surface area contributed by atoms with E-state index in [0.29, 0.717) is 25.3 Å². The lowest BCUT2D eigenvalue weighted by Crippen LogP contribution is -2.45. The van der Waals surface area contributed by atoms with Crippen LogP contribution in [0.5, 0.6) is 5.75 Å². The van der Waals surface area contributed by atoms with Crippen LogP contribution in [-0.4, -0.2) is 31.0 Å². The van der Waals surface area contributed by atoms with Crippen molar-refractivity contribution in [2.75, 3.05) is 18.0 Å². The number of benzene rings is 1. The summed E-state index contributed by atoms with van der Waals surface area (Å²) < 4.78 is 5.62. The summed E-state index contributed by atoms with van der Waals surface area (Å²) in [4.78, 5) is 25.9. The molecular formula is C17H24N2O3. The lowest BCUT2D eigenvalue weighted by molar-refractivity contribution is -0.125. The molecule has 0 fully saturated rings. The van der Waals surface area contributed by atoms with Gasteiger partial charge in [-0.25, -0.2) is 0 Å². The number of fused-ring (bicyclic) bond motifs is 1. The molecule has 0 saturated carbocycles. The van der Waals surface area contributed by atoms with Crippen molar-refractivity contribution in [3.8, 4) is 5.75 Å². The normalized spacial score (nSPS) is 17.0. The molecule has 1 atom stereocenters. The Labute approximate surface area is 131 Å². The van der Waals surface area contributed by atoms with Gasteiger partial charge in [0.05, 0.1) is 5.69 Å². The summed E-state index contributed by atoms with van der Waals surface area (Å²) >= 11 is 0. The molecule has 0 aromatic heterocycles. The van der Waals surface area contributed by atoms with Crippen LogP contribution in [0, 0.1) is 6.92 Å². The van der Waals surface area contributed by atoms with Gasteiger partial charge in [-0.1, -0.05) is 19.4 Å². The van der Waals surface area contributed by atoms with Crippen LogP contribution in [0.15, 0.2) is 18.2 Å². The molecular weight excluding hydrogens is 280 g/mol. The minimum atomic E-state index is -0.515. The van der Waals surface area contributed by atoms with Gasteiger partial charge in [0.1, 0.15) is 5.75 Å². The molecule has 5 nitrogen and oxygen atoms in total. The Bertz CT molecular complexity index is 557. The summed E-state index contributed by atoms with van der Waals surface area (Å²) in [6.07, 6.45) is 1.81. The van der Waals surface area contributed by atoms with Crippen LogP contribution >= 0.6 is 0 Å². The first-order valence-electron chi connectivity index (χ1n) is 7.88. The summed E-state index contributed by atoms with van der Waals surface area (Å²) in [6, 6.07) is 5.76. The van der Waals surface area contributed by atoms with Gasteiger partial charge in [0.15, 0.2) is 6.10 Å². The van der Waals surface area contributed by atoms with E-state index in [1.807, 2.05) is 25.1 Å². The van der Waals surface area contributed by atoms with Crippen LogP contribution in [0.1, 0.15) is 38.7 Å². The fourth-order valence-electron chi connectivity index (χ4n) is 2.45. The highest BCUT2D eigenvalue weighted by Crippen LogP contribution is 2.34. The predicted octanol–water partition coefficient (Wildman–Crippen LogP) is 2.42. The van der Waals surface area contributed by atoms with Crippen molar-refractivity contribution in [2.24, 2.45) is 0 Å². The van der Waals surface area contributed by atoms with E-state index in [-0.39, 0.29) is 11.8 Å². The van der Waals surface area contributed by atoms with Crippen LogP contribution in [0.25, 0.3) is 0 Å². The molecule has 1 N–H and O–H groups in total. The van der Waals surface area contributed by atoms with Crippen molar-refractivity contribution >= 4 is 17.5 Å². The summed E-state index contributed by atoms with van der Waals surface area (Å²) in [5.74, 6) is 0.582. The molecule has 2 amide bonds. The summed E-state index contributed by atoms with van der Waals surface area (Å²) in [6.45, 7) is 6.86. The van der Waals surface area contributed by atoms with E-state index in [9.17, 15) is 9.59 Å². The van der Waals surface area contributed by atoms with E-state index in [2.05, 4.69) is 12.2 Å². The number of hydrogen-bond donors (Lipinski definition) is 1. The lowest BCUT2D eigenvalue weighted by atomic mass is 10.1. The first-order valence-corrected chi connectivity index (χ1v) is 7.88. The number of unbranched alkanes of at least 4 members (excludes halogenated alkanes) is 1. The number of nitrogens with one attached hydrogen (secondary N) is 1. The predicted molar refractivity (Wildman–Crippen MR) is 86.2 cm³/mol. The topological polar surface area (TPSA) is 58.6 Å². The van der Waals surface area contributed by atoms with Gasteiger partial charge in [0, 0.05) is 19.5 Å². The van der Waals surface area contributed by atoms with E-state index in [0.717, 1.165) is 24.1 Å². The first kappa shape index (κ1) is 16.3. The van der Waals surface area contributed by atoms with Gasteiger partial charge in [0.25, 0.3) is 5.91 Å². The van der Waals surface area contributed by atoms with E-state index in [1.165, 1.54) is 0 Å². The largest absolute Gasteiger partial charge is 0.479 e. The van der Waals surface area contributed by atoms with Crippen LogP contribution < -0.4 is 15.0 Å². The molecule has 1 aromatic rings. The SMILES string of the molecule is CCCCNC(=O)CCN1C(=O)[C@H](C)Oc2ccc(C)cc21. The molecule has 0 aliphatic carbocycles. The minimum absolute atomic E-state index is 0.0189. The van der Waals surface area contributed by atoms with Crippen molar-refractivity contribution < 1.29 is 14.3 Å². The van der Waals surface area contributed by atoms with Crippen LogP contribution in [0.4, 0.5) is 5.69 Å². The van der Waals surface area contributed by atoms with Crippen molar-refractivity contribution in [1.29, 1.82) is 0 Å². The third kappa shape index (κ3) is 3.78. The summed E-state index contributed by atoms with van der Waals surface area (Å²) in [7, 11) is 0. The Morgan fingerprint density at radius 2 is 2.18 bits per heavy atom. The second-order valence-corrected chi connectivity index (χ2v) is 5.67. The molecule has 0 saturated heterocycles. The molecule has 1 aliphatic heterocycles. The number of carbonyl (C=O) groups is 2. The smallest absolute Gasteiger partial charge is 0.267 e. The Morgan fingerprint density at radius 1 is 1.41 bits per heavy atom. The fourth-order valence-corrected chi connectivity index (χ4v) is 2.45. The van der Waals surface area contributed by atoms with E-state index in [1.54, 1.807) is 11.8 Å². The molecule has 0 spiro atoms. The van der Waals surface area contributed by atoms with Gasteiger partial charge in [-0.05, 0) is 38.0 Å². The lowest BCUT2D eigenvalue weighted by Gasteiger charge is -2.33. The highest BCUT2D eigenvalue weighted by Gasteiger charge is 2.31. The molecule has 22 heavy (non-hydrogen) atoms. The molecule has 1 heterocycles. The van der Waals surface area contributed by atoms with E-state index in [4.69, 9.17) is 4.74 Å². The molecule has 0 bridgehead atoms. The van der Waals surface area contributed by atoms with Gasteiger partial charge in [-0.2, -0.15) is 0 Å². The van der Waals surface area contributed by atoms with Gasteiger partial charge >= 0.3 is 0 Å². The van der Waals surface area contributed by atoms with Crippen molar-refractivity contribution in [2.45, 2.75) is 46.1 Å². The van der Waals surface area contributed by atoms with Gasteiger partial charge in [0.2, 0.25) is 5.91 Å². The summed E-state index contributed by atoms with van der Waals surface area (Å²) in [5.41, 5.74) is 1.81. The molecule has 1 aromatic carbocycles. The molecule has 5 heteroatoms. The molecule has 120 valence electrons. The number of aryl methyl sites for hydroxylation is 1. The van der Waals surface area contributed by atoms with Gasteiger partial charge in [-0.3, -0.25) is 9.59 Å². The monoisotopic (exact) mass is 304 g/mol. The third-order valence-corrected chi connectivity index (χ3v) is 3.74. The van der Waals surface area contributed by atoms with Crippen LogP contribution in [-0.2, 0) is 9.59 Å². The number of amides is 2. The third-order valence-electron chi connectivity index (χ3n) is 3.74. The van der Waals surface area contributed by atoms with E-state index < -0.39 is 6.10 Å². The Balaban J connectivity index is 2.04. The maximum atomic E-state index is 12.3. The van der Waals surface area contributed by atoms with Crippen LogP contribution in [0.2, 0.25) is 0 Å². The second kappa shape index (κ2) is 7.29. The standard InChI is InChI=1S/C17H24N2O3/c1-4-5-9-18-16(20)8-10-19-14-11-12(2)6-7-15(14)22-13(3)17(19)21/h6-7,11,13H,4-5,8-10H2,1-3H3,(H,18,20)/t13-/m0/s1. The molecule has 2 rings (SSSR count). The first-order chi connectivity index (χ1) is 10.5. The Kier molecular flexibility index (Phi) is 5.41. The highest BCUT2D eigenvalue weighted by atomic mass is 16.5. The average molecular weight is 304 g/mol. The van der Waals surface area contributed by atoms with Crippen LogP contribution in [0.3, 0.4) is 0 Å². The minimum Gasteiger partial charge on any atom is -0.479 e. The maximum absolute atomic E-state index is 12.3. The Hall–Kier alpha value is -2.04. The van der Waals surface area contributed by atoms with Gasteiger partial charge in [-0.15, -0.1) is 0 Å². The maximum Gasteiger partial charge on any atom is 0.267 e. The number of anilines is 1.